The highest BCUT2D eigenvalue weighted by molar-refractivity contribution is 5.99. The summed E-state index contributed by atoms with van der Waals surface area (Å²) in [6, 6.07) is 4.02. The molecule has 18 heavy (non-hydrogen) atoms. The van der Waals surface area contributed by atoms with E-state index in [4.69, 9.17) is 5.11 Å². The Balaban J connectivity index is 2.88. The van der Waals surface area contributed by atoms with Crippen molar-refractivity contribution in [1.82, 2.24) is 4.90 Å². The van der Waals surface area contributed by atoms with Gasteiger partial charge in [0.05, 0.1) is 13.2 Å². The van der Waals surface area contributed by atoms with Gasteiger partial charge in [0.2, 0.25) is 0 Å². The van der Waals surface area contributed by atoms with Crippen LogP contribution in [0, 0.1) is 20.8 Å². The van der Waals surface area contributed by atoms with E-state index in [1.54, 1.807) is 0 Å². The average Bonchev–Trinajstić information content (AvgIpc) is 2.32. The van der Waals surface area contributed by atoms with E-state index < -0.39 is 0 Å². The van der Waals surface area contributed by atoms with Crippen molar-refractivity contribution in [2.24, 2.45) is 0 Å². The number of carbonyl (C=O) groups excluding carboxylic acids is 1. The zero-order valence-electron chi connectivity index (χ0n) is 11.9. The minimum absolute atomic E-state index is 0.000742. The van der Waals surface area contributed by atoms with Crippen LogP contribution < -0.4 is 0 Å². The molecular weight excluding hydrogens is 226 g/mol. The van der Waals surface area contributed by atoms with E-state index in [0.717, 1.165) is 16.7 Å². The van der Waals surface area contributed by atoms with Crippen LogP contribution in [0.25, 0.3) is 0 Å². The molecule has 1 atom stereocenters. The van der Waals surface area contributed by atoms with Crippen molar-refractivity contribution in [3.63, 3.8) is 0 Å². The van der Waals surface area contributed by atoms with Gasteiger partial charge in [-0.15, -0.1) is 0 Å². The average molecular weight is 249 g/mol. The summed E-state index contributed by atoms with van der Waals surface area (Å²) in [7, 11) is 1.86. The molecule has 0 bridgehead atoms. The SMILES string of the molecule is Cc1cc(C)c(C(=O)CN(C)C(C)CO)cc1C. The minimum atomic E-state index is 0.000742. The van der Waals surface area contributed by atoms with E-state index in [9.17, 15) is 4.79 Å². The molecule has 100 valence electrons. The summed E-state index contributed by atoms with van der Waals surface area (Å²) in [6.45, 7) is 8.35. The molecule has 0 aliphatic heterocycles. The van der Waals surface area contributed by atoms with E-state index in [0.29, 0.717) is 6.54 Å². The second-order valence-electron chi connectivity index (χ2n) is 5.12. The van der Waals surface area contributed by atoms with Gasteiger partial charge in [-0.2, -0.15) is 0 Å². The van der Waals surface area contributed by atoms with Crippen LogP contribution in [0.3, 0.4) is 0 Å². The van der Waals surface area contributed by atoms with Gasteiger partial charge in [-0.25, -0.2) is 0 Å². The Morgan fingerprint density at radius 3 is 2.33 bits per heavy atom. The quantitative estimate of drug-likeness (QED) is 0.813. The molecule has 3 heteroatoms. The third-order valence-electron chi connectivity index (χ3n) is 3.55. The fourth-order valence-electron chi connectivity index (χ4n) is 1.87. The highest BCUT2D eigenvalue weighted by Gasteiger charge is 2.16. The standard InChI is InChI=1S/C15H23NO2/c1-10-6-12(3)14(7-11(10)2)15(18)8-16(5)13(4)9-17/h6-7,13,17H,8-9H2,1-5H3. The number of hydrogen-bond donors (Lipinski definition) is 1. The normalized spacial score (nSPS) is 12.8. The smallest absolute Gasteiger partial charge is 0.177 e. The maximum Gasteiger partial charge on any atom is 0.177 e. The summed E-state index contributed by atoms with van der Waals surface area (Å²) in [5, 5.41) is 9.07. The lowest BCUT2D eigenvalue weighted by atomic mass is 9.98. The fourth-order valence-corrected chi connectivity index (χ4v) is 1.87. The van der Waals surface area contributed by atoms with Crippen molar-refractivity contribution in [3.8, 4) is 0 Å². The van der Waals surface area contributed by atoms with Crippen LogP contribution in [0.1, 0.15) is 34.0 Å². The zero-order valence-corrected chi connectivity index (χ0v) is 11.9. The summed E-state index contributed by atoms with van der Waals surface area (Å²) in [4.78, 5) is 14.1. The number of aliphatic hydroxyl groups excluding tert-OH is 1. The number of rotatable bonds is 5. The molecule has 0 amide bonds. The van der Waals surface area contributed by atoms with Crippen LogP contribution in [-0.2, 0) is 0 Å². The summed E-state index contributed by atoms with van der Waals surface area (Å²) in [6.07, 6.45) is 0. The molecule has 1 aromatic carbocycles. The van der Waals surface area contributed by atoms with Crippen LogP contribution >= 0.6 is 0 Å². The summed E-state index contributed by atoms with van der Waals surface area (Å²) >= 11 is 0. The van der Waals surface area contributed by atoms with Gasteiger partial charge in [0.15, 0.2) is 5.78 Å². The maximum atomic E-state index is 12.2. The molecule has 0 saturated carbocycles. The Morgan fingerprint density at radius 2 is 1.78 bits per heavy atom. The Kier molecular flexibility index (Phi) is 5.05. The molecule has 0 radical (unpaired) electrons. The van der Waals surface area contributed by atoms with Crippen molar-refractivity contribution in [2.45, 2.75) is 33.7 Å². The van der Waals surface area contributed by atoms with E-state index >= 15 is 0 Å². The highest BCUT2D eigenvalue weighted by Crippen LogP contribution is 2.16. The summed E-state index contributed by atoms with van der Waals surface area (Å²) in [5.74, 6) is 0.110. The molecular formula is C15H23NO2. The van der Waals surface area contributed by atoms with E-state index in [-0.39, 0.29) is 18.4 Å². The first-order valence-electron chi connectivity index (χ1n) is 6.29. The van der Waals surface area contributed by atoms with Crippen molar-refractivity contribution < 1.29 is 9.90 Å². The minimum Gasteiger partial charge on any atom is -0.395 e. The summed E-state index contributed by atoms with van der Waals surface area (Å²) in [5.41, 5.74) is 4.16. The molecule has 0 aliphatic rings. The Hall–Kier alpha value is -1.19. The van der Waals surface area contributed by atoms with Gasteiger partial charge >= 0.3 is 0 Å². The monoisotopic (exact) mass is 249 g/mol. The van der Waals surface area contributed by atoms with Gasteiger partial charge in [-0.3, -0.25) is 9.69 Å². The Bertz CT molecular complexity index is 440. The molecule has 0 aliphatic carbocycles. The molecule has 0 heterocycles. The van der Waals surface area contributed by atoms with Crippen LogP contribution in [0.15, 0.2) is 12.1 Å². The molecule has 0 saturated heterocycles. The predicted octanol–water partition coefficient (Wildman–Crippen LogP) is 2.11. The van der Waals surface area contributed by atoms with Crippen molar-refractivity contribution in [3.05, 3.63) is 34.4 Å². The largest absolute Gasteiger partial charge is 0.395 e. The van der Waals surface area contributed by atoms with Crippen LogP contribution in [-0.4, -0.2) is 42.0 Å². The molecule has 3 nitrogen and oxygen atoms in total. The molecule has 0 fully saturated rings. The zero-order chi connectivity index (χ0) is 13.9. The Labute approximate surface area is 109 Å². The number of hydrogen-bond acceptors (Lipinski definition) is 3. The van der Waals surface area contributed by atoms with E-state index in [1.807, 2.05) is 38.8 Å². The second kappa shape index (κ2) is 6.12. The Morgan fingerprint density at radius 1 is 1.22 bits per heavy atom. The predicted molar refractivity (Wildman–Crippen MR) is 74.2 cm³/mol. The first-order chi connectivity index (χ1) is 8.36. The first kappa shape index (κ1) is 14.9. The molecule has 0 spiro atoms. The third-order valence-corrected chi connectivity index (χ3v) is 3.55. The van der Waals surface area contributed by atoms with Crippen LogP contribution in [0.5, 0.6) is 0 Å². The van der Waals surface area contributed by atoms with Crippen molar-refractivity contribution in [1.29, 1.82) is 0 Å². The van der Waals surface area contributed by atoms with E-state index in [1.165, 1.54) is 5.56 Å². The lowest BCUT2D eigenvalue weighted by molar-refractivity contribution is 0.0889. The number of ketones is 1. The van der Waals surface area contributed by atoms with Crippen molar-refractivity contribution in [2.75, 3.05) is 20.2 Å². The number of likely N-dealkylation sites (N-methyl/N-ethyl adjacent to an activating group) is 1. The first-order valence-corrected chi connectivity index (χ1v) is 6.29. The van der Waals surface area contributed by atoms with Gasteiger partial charge in [0, 0.05) is 11.6 Å². The fraction of sp³-hybridized carbons (Fsp3) is 0.533. The number of aryl methyl sites for hydroxylation is 3. The number of carbonyl (C=O) groups is 1. The number of benzene rings is 1. The van der Waals surface area contributed by atoms with Gasteiger partial charge < -0.3 is 5.11 Å². The maximum absolute atomic E-state index is 12.2. The number of aliphatic hydroxyl groups is 1. The summed E-state index contributed by atoms with van der Waals surface area (Å²) < 4.78 is 0. The molecule has 0 aromatic heterocycles. The lowest BCUT2D eigenvalue weighted by Gasteiger charge is -2.22. The van der Waals surface area contributed by atoms with Gasteiger partial charge in [-0.05, 0) is 57.5 Å². The number of Topliss-reactive ketones (excluding diaryl/α,β-unsaturated/α-hetero) is 1. The molecule has 1 rings (SSSR count). The van der Waals surface area contributed by atoms with Gasteiger partial charge in [0.25, 0.3) is 0 Å². The second-order valence-corrected chi connectivity index (χ2v) is 5.12. The van der Waals surface area contributed by atoms with Gasteiger partial charge in [-0.1, -0.05) is 6.07 Å². The molecule has 1 N–H and O–H groups in total. The number of nitrogens with zero attached hydrogens (tertiary/aromatic N) is 1. The van der Waals surface area contributed by atoms with Crippen molar-refractivity contribution >= 4 is 5.78 Å². The third kappa shape index (κ3) is 3.40. The highest BCUT2D eigenvalue weighted by atomic mass is 16.3. The molecule has 1 unspecified atom stereocenters. The lowest BCUT2D eigenvalue weighted by Crippen LogP contribution is -2.36. The molecule has 1 aromatic rings. The van der Waals surface area contributed by atoms with E-state index in [2.05, 4.69) is 13.0 Å². The van der Waals surface area contributed by atoms with Crippen LogP contribution in [0.4, 0.5) is 0 Å². The van der Waals surface area contributed by atoms with Gasteiger partial charge in [0.1, 0.15) is 0 Å². The van der Waals surface area contributed by atoms with Crippen LogP contribution in [0.2, 0.25) is 0 Å². The topological polar surface area (TPSA) is 40.5 Å².